The largest absolute Gasteiger partial charge is 0.384 e. The first-order valence-corrected chi connectivity index (χ1v) is 4.90. The Balaban J connectivity index is 2.26. The molecule has 0 spiro atoms. The number of amides is 2. The van der Waals surface area contributed by atoms with Gasteiger partial charge in [0.2, 0.25) is 0 Å². The Morgan fingerprint density at radius 1 is 1.60 bits per heavy atom. The van der Waals surface area contributed by atoms with Crippen molar-refractivity contribution in [2.75, 3.05) is 19.3 Å². The number of nitrogens with two attached hydrogens (primary N) is 1. The van der Waals surface area contributed by atoms with Crippen molar-refractivity contribution < 1.29 is 4.79 Å². The summed E-state index contributed by atoms with van der Waals surface area (Å²) in [6.07, 6.45) is 0.772. The summed E-state index contributed by atoms with van der Waals surface area (Å²) in [6.45, 7) is 1.25. The molecule has 1 aromatic heterocycles. The van der Waals surface area contributed by atoms with Crippen molar-refractivity contribution in [1.29, 1.82) is 0 Å². The van der Waals surface area contributed by atoms with Gasteiger partial charge in [0.25, 0.3) is 0 Å². The summed E-state index contributed by atoms with van der Waals surface area (Å²) in [5.41, 5.74) is 7.86. The lowest BCUT2D eigenvalue weighted by Gasteiger charge is -2.25. The molecule has 0 bridgehead atoms. The first kappa shape index (κ1) is 9.82. The van der Waals surface area contributed by atoms with Crippen LogP contribution in [0.4, 0.5) is 10.6 Å². The maximum Gasteiger partial charge on any atom is 0.317 e. The van der Waals surface area contributed by atoms with Gasteiger partial charge in [0, 0.05) is 32.6 Å². The number of aryl methyl sites for hydroxylation is 1. The van der Waals surface area contributed by atoms with Gasteiger partial charge in [-0.25, -0.2) is 4.79 Å². The van der Waals surface area contributed by atoms with E-state index in [4.69, 9.17) is 5.73 Å². The lowest BCUT2D eigenvalue weighted by Crippen LogP contribution is -2.41. The highest BCUT2D eigenvalue weighted by molar-refractivity contribution is 5.74. The minimum atomic E-state index is -0.0658. The maximum atomic E-state index is 11.4. The number of carbonyl (C=O) groups is 1. The topological polar surface area (TPSA) is 76.2 Å². The third-order valence-corrected chi connectivity index (χ3v) is 2.75. The number of nitrogens with zero attached hydrogens (tertiary/aromatic N) is 3. The Bertz CT molecular complexity index is 397. The molecule has 2 heterocycles. The van der Waals surface area contributed by atoms with Crippen LogP contribution in [0.15, 0.2) is 0 Å². The predicted molar refractivity (Wildman–Crippen MR) is 56.2 cm³/mol. The number of carbonyl (C=O) groups excluding carboxylic acids is 1. The molecule has 82 valence electrons. The zero-order chi connectivity index (χ0) is 11.0. The van der Waals surface area contributed by atoms with Gasteiger partial charge >= 0.3 is 6.03 Å². The number of hydrogen-bond donors (Lipinski definition) is 2. The van der Waals surface area contributed by atoms with Crippen LogP contribution < -0.4 is 11.1 Å². The second kappa shape index (κ2) is 3.45. The summed E-state index contributed by atoms with van der Waals surface area (Å²) in [7, 11) is 3.45. The predicted octanol–water partition coefficient (Wildman–Crippen LogP) is -0.300. The van der Waals surface area contributed by atoms with Crippen molar-refractivity contribution in [1.82, 2.24) is 20.0 Å². The van der Waals surface area contributed by atoms with Gasteiger partial charge in [-0.1, -0.05) is 0 Å². The summed E-state index contributed by atoms with van der Waals surface area (Å²) < 4.78 is 1.66. The molecule has 2 amide bonds. The van der Waals surface area contributed by atoms with Crippen LogP contribution in [0.25, 0.3) is 0 Å². The first-order valence-electron chi connectivity index (χ1n) is 4.90. The minimum absolute atomic E-state index is 0.0658. The summed E-state index contributed by atoms with van der Waals surface area (Å²) in [5.74, 6) is 0.651. The van der Waals surface area contributed by atoms with Gasteiger partial charge in [0.1, 0.15) is 5.82 Å². The Morgan fingerprint density at radius 2 is 2.33 bits per heavy atom. The normalized spacial score (nSPS) is 14.9. The van der Waals surface area contributed by atoms with E-state index in [1.807, 2.05) is 7.05 Å². The van der Waals surface area contributed by atoms with E-state index in [9.17, 15) is 4.79 Å². The molecule has 0 radical (unpaired) electrons. The molecule has 6 heteroatoms. The second-order valence-corrected chi connectivity index (χ2v) is 3.66. The lowest BCUT2D eigenvalue weighted by molar-refractivity contribution is 0.194. The average Bonchev–Trinajstić information content (AvgIpc) is 2.54. The third kappa shape index (κ3) is 1.51. The van der Waals surface area contributed by atoms with E-state index in [2.05, 4.69) is 10.4 Å². The molecular weight excluding hydrogens is 194 g/mol. The molecule has 3 N–H and O–H groups in total. The molecule has 0 unspecified atom stereocenters. The van der Waals surface area contributed by atoms with Crippen molar-refractivity contribution in [3.8, 4) is 0 Å². The number of fused-ring (bicyclic) bond motifs is 1. The number of nitrogen functional groups attached to an aromatic ring is 1. The molecular formula is C9H15N5O. The quantitative estimate of drug-likeness (QED) is 0.616. The standard InChI is InChI=1S/C9H15N5O/c1-11-9(15)14-4-3-7-6(5-14)8(10)13(2)12-7/h3-5,10H2,1-2H3,(H,11,15). The average molecular weight is 209 g/mol. The number of hydrogen-bond acceptors (Lipinski definition) is 3. The van der Waals surface area contributed by atoms with Crippen molar-refractivity contribution in [2.24, 2.45) is 7.05 Å². The lowest BCUT2D eigenvalue weighted by atomic mass is 10.1. The molecule has 15 heavy (non-hydrogen) atoms. The fraction of sp³-hybridized carbons (Fsp3) is 0.556. The molecule has 1 aliphatic heterocycles. The zero-order valence-corrected chi connectivity index (χ0v) is 8.95. The molecule has 0 saturated carbocycles. The van der Waals surface area contributed by atoms with Crippen molar-refractivity contribution in [3.63, 3.8) is 0 Å². The van der Waals surface area contributed by atoms with Crippen molar-refractivity contribution in [2.45, 2.75) is 13.0 Å². The van der Waals surface area contributed by atoms with E-state index >= 15 is 0 Å². The van der Waals surface area contributed by atoms with Gasteiger partial charge in [0.05, 0.1) is 12.2 Å². The summed E-state index contributed by atoms with van der Waals surface area (Å²) in [4.78, 5) is 13.2. The highest BCUT2D eigenvalue weighted by atomic mass is 16.2. The summed E-state index contributed by atoms with van der Waals surface area (Å²) in [5, 5.41) is 6.91. The van der Waals surface area contributed by atoms with Crippen LogP contribution in [-0.4, -0.2) is 34.3 Å². The molecule has 0 aromatic carbocycles. The fourth-order valence-electron chi connectivity index (χ4n) is 1.85. The Labute approximate surface area is 88.0 Å². The Morgan fingerprint density at radius 3 is 3.00 bits per heavy atom. The van der Waals surface area contributed by atoms with Crippen LogP contribution in [0.5, 0.6) is 0 Å². The van der Waals surface area contributed by atoms with Crippen LogP contribution in [0.3, 0.4) is 0 Å². The minimum Gasteiger partial charge on any atom is -0.384 e. The molecule has 0 saturated heterocycles. The zero-order valence-electron chi connectivity index (χ0n) is 8.95. The third-order valence-electron chi connectivity index (χ3n) is 2.75. The van der Waals surface area contributed by atoms with Crippen LogP contribution in [0, 0.1) is 0 Å². The molecule has 0 fully saturated rings. The highest BCUT2D eigenvalue weighted by Gasteiger charge is 2.24. The molecule has 0 atom stereocenters. The van der Waals surface area contributed by atoms with E-state index in [-0.39, 0.29) is 6.03 Å². The Hall–Kier alpha value is -1.72. The van der Waals surface area contributed by atoms with Gasteiger partial charge in [-0.2, -0.15) is 5.10 Å². The number of aromatic nitrogens is 2. The van der Waals surface area contributed by atoms with Gasteiger partial charge in [-0.3, -0.25) is 4.68 Å². The van der Waals surface area contributed by atoms with Crippen LogP contribution in [0.2, 0.25) is 0 Å². The molecule has 0 aliphatic carbocycles. The number of nitrogens with one attached hydrogen (secondary N) is 1. The van der Waals surface area contributed by atoms with Crippen molar-refractivity contribution >= 4 is 11.8 Å². The summed E-state index contributed by atoms with van der Waals surface area (Å²) in [6, 6.07) is -0.0658. The van der Waals surface area contributed by atoms with Crippen LogP contribution >= 0.6 is 0 Å². The van der Waals surface area contributed by atoms with E-state index in [0.29, 0.717) is 18.9 Å². The SMILES string of the molecule is CNC(=O)N1CCc2nn(C)c(N)c2C1. The summed E-state index contributed by atoms with van der Waals surface area (Å²) >= 11 is 0. The first-order chi connectivity index (χ1) is 7.13. The van der Waals surface area contributed by atoms with Crippen LogP contribution in [-0.2, 0) is 20.0 Å². The van der Waals surface area contributed by atoms with Gasteiger partial charge in [-0.15, -0.1) is 0 Å². The van der Waals surface area contributed by atoms with E-state index in [1.165, 1.54) is 0 Å². The highest BCUT2D eigenvalue weighted by Crippen LogP contribution is 2.23. The Kier molecular flexibility index (Phi) is 2.26. The monoisotopic (exact) mass is 209 g/mol. The van der Waals surface area contributed by atoms with Gasteiger partial charge in [-0.05, 0) is 0 Å². The van der Waals surface area contributed by atoms with E-state index < -0.39 is 0 Å². The molecule has 6 nitrogen and oxygen atoms in total. The molecule has 2 rings (SSSR count). The number of anilines is 1. The van der Waals surface area contributed by atoms with Gasteiger partial charge < -0.3 is 16.0 Å². The molecule has 1 aliphatic rings. The number of rotatable bonds is 0. The van der Waals surface area contributed by atoms with Crippen molar-refractivity contribution in [3.05, 3.63) is 11.3 Å². The number of urea groups is 1. The maximum absolute atomic E-state index is 11.4. The van der Waals surface area contributed by atoms with E-state index in [0.717, 1.165) is 17.7 Å². The van der Waals surface area contributed by atoms with Crippen LogP contribution in [0.1, 0.15) is 11.3 Å². The molecule has 1 aromatic rings. The fourth-order valence-corrected chi connectivity index (χ4v) is 1.85. The smallest absolute Gasteiger partial charge is 0.317 e. The van der Waals surface area contributed by atoms with E-state index in [1.54, 1.807) is 16.6 Å². The van der Waals surface area contributed by atoms with Gasteiger partial charge in [0.15, 0.2) is 0 Å². The second-order valence-electron chi connectivity index (χ2n) is 3.66.